The second kappa shape index (κ2) is 7.32. The number of nitrogens with one attached hydrogen (secondary N) is 1. The van der Waals surface area contributed by atoms with Gasteiger partial charge in [0.15, 0.2) is 11.9 Å². The molecule has 0 bridgehead atoms. The Kier molecular flexibility index (Phi) is 5.45. The number of carbonyl (C=O) groups is 1. The number of hydrogen-bond acceptors (Lipinski definition) is 3. The summed E-state index contributed by atoms with van der Waals surface area (Å²) >= 11 is 0. The second-order valence-corrected chi connectivity index (χ2v) is 5.57. The number of carbonyl (C=O) groups excluding carboxylic acids is 1. The molecule has 1 aromatic rings. The van der Waals surface area contributed by atoms with Crippen molar-refractivity contribution in [3.8, 4) is 5.75 Å². The van der Waals surface area contributed by atoms with Gasteiger partial charge in [-0.15, -0.1) is 0 Å². The third-order valence-corrected chi connectivity index (χ3v) is 4.03. The number of Topliss-reactive ketones (excluding diaryl/α,β-unsaturated/α-hetero) is 1. The number of para-hydroxylation sites is 2. The third-order valence-electron chi connectivity index (χ3n) is 4.03. The molecule has 0 amide bonds. The van der Waals surface area contributed by atoms with Gasteiger partial charge in [-0.1, -0.05) is 51.7 Å². The average Bonchev–Trinajstić information content (AvgIpc) is 2.50. The van der Waals surface area contributed by atoms with E-state index < -0.39 is 0 Å². The molecule has 20 heavy (non-hydrogen) atoms. The van der Waals surface area contributed by atoms with Crippen molar-refractivity contribution in [1.82, 2.24) is 0 Å². The molecule has 110 valence electrons. The molecule has 0 saturated carbocycles. The first-order valence-electron chi connectivity index (χ1n) is 7.76. The van der Waals surface area contributed by atoms with Gasteiger partial charge in [-0.05, 0) is 18.1 Å². The number of hydrogen-bond donors (Lipinski definition) is 1. The fraction of sp³-hybridized carbons (Fsp3) is 0.588. The Bertz CT molecular complexity index is 444. The molecule has 0 fully saturated rings. The van der Waals surface area contributed by atoms with Gasteiger partial charge in [0.1, 0.15) is 5.75 Å². The second-order valence-electron chi connectivity index (χ2n) is 5.57. The zero-order chi connectivity index (χ0) is 14.4. The highest BCUT2D eigenvalue weighted by atomic mass is 16.5. The summed E-state index contributed by atoms with van der Waals surface area (Å²) < 4.78 is 5.83. The Morgan fingerprint density at radius 2 is 2.20 bits per heavy atom. The van der Waals surface area contributed by atoms with Crippen LogP contribution in [0.5, 0.6) is 5.75 Å². The number of fused-ring (bicyclic) bond motifs is 1. The van der Waals surface area contributed by atoms with E-state index in [1.807, 2.05) is 24.3 Å². The SMILES string of the molecule is CCCCC(CC)CC(=O)C1CNc2ccccc2O1. The van der Waals surface area contributed by atoms with Crippen LogP contribution >= 0.6 is 0 Å². The third kappa shape index (κ3) is 3.75. The molecule has 1 aliphatic heterocycles. The molecule has 3 nitrogen and oxygen atoms in total. The summed E-state index contributed by atoms with van der Waals surface area (Å²) in [6, 6.07) is 7.79. The normalized spacial score (nSPS) is 18.6. The monoisotopic (exact) mass is 275 g/mol. The van der Waals surface area contributed by atoms with Gasteiger partial charge >= 0.3 is 0 Å². The van der Waals surface area contributed by atoms with Gasteiger partial charge in [-0.3, -0.25) is 4.79 Å². The highest BCUT2D eigenvalue weighted by molar-refractivity contribution is 5.85. The molecule has 2 unspecified atom stereocenters. The first kappa shape index (κ1) is 14.9. The van der Waals surface area contributed by atoms with E-state index in [1.165, 1.54) is 12.8 Å². The Balaban J connectivity index is 1.90. The molecule has 0 radical (unpaired) electrons. The number of ether oxygens (including phenoxy) is 1. The van der Waals surface area contributed by atoms with Crippen molar-refractivity contribution in [2.75, 3.05) is 11.9 Å². The molecule has 1 aliphatic rings. The summed E-state index contributed by atoms with van der Waals surface area (Å²) in [5, 5.41) is 3.28. The molecule has 0 spiro atoms. The van der Waals surface area contributed by atoms with Crippen LogP contribution in [0.4, 0.5) is 5.69 Å². The maximum absolute atomic E-state index is 12.4. The van der Waals surface area contributed by atoms with E-state index in [0.29, 0.717) is 18.9 Å². The smallest absolute Gasteiger partial charge is 0.175 e. The van der Waals surface area contributed by atoms with Gasteiger partial charge in [-0.2, -0.15) is 0 Å². The Labute approximate surface area is 121 Å². The molecule has 0 aliphatic carbocycles. The number of unbranched alkanes of at least 4 members (excludes halogenated alkanes) is 1. The Hall–Kier alpha value is -1.51. The number of anilines is 1. The topological polar surface area (TPSA) is 38.3 Å². The van der Waals surface area contributed by atoms with Crippen molar-refractivity contribution in [2.45, 2.75) is 52.1 Å². The summed E-state index contributed by atoms with van der Waals surface area (Å²) in [6.45, 7) is 4.95. The fourth-order valence-electron chi connectivity index (χ4n) is 2.65. The lowest BCUT2D eigenvalue weighted by Gasteiger charge is -2.27. The molecule has 0 aromatic heterocycles. The maximum Gasteiger partial charge on any atom is 0.175 e. The number of rotatable bonds is 7. The minimum absolute atomic E-state index is 0.231. The predicted octanol–water partition coefficient (Wildman–Crippen LogP) is 4.04. The van der Waals surface area contributed by atoms with Crippen molar-refractivity contribution in [3.05, 3.63) is 24.3 Å². The summed E-state index contributed by atoms with van der Waals surface area (Å²) in [4.78, 5) is 12.4. The van der Waals surface area contributed by atoms with Crippen LogP contribution < -0.4 is 10.1 Å². The average molecular weight is 275 g/mol. The van der Waals surface area contributed by atoms with Crippen LogP contribution in [-0.4, -0.2) is 18.4 Å². The standard InChI is InChI=1S/C17H25NO2/c1-3-5-8-13(4-2)11-15(19)17-12-18-14-9-6-7-10-16(14)20-17/h6-7,9-10,13,17-18H,3-5,8,11-12H2,1-2H3. The van der Waals surface area contributed by atoms with Crippen LogP contribution in [0.15, 0.2) is 24.3 Å². The highest BCUT2D eigenvalue weighted by Gasteiger charge is 2.26. The van der Waals surface area contributed by atoms with Crippen molar-refractivity contribution in [1.29, 1.82) is 0 Å². The van der Waals surface area contributed by atoms with Crippen LogP contribution in [0.1, 0.15) is 46.0 Å². The molecule has 1 N–H and O–H groups in total. The van der Waals surface area contributed by atoms with E-state index in [1.54, 1.807) is 0 Å². The molecule has 1 heterocycles. The van der Waals surface area contributed by atoms with Crippen LogP contribution in [0.2, 0.25) is 0 Å². The Morgan fingerprint density at radius 1 is 1.40 bits per heavy atom. The number of benzene rings is 1. The molecular weight excluding hydrogens is 250 g/mol. The first-order valence-corrected chi connectivity index (χ1v) is 7.76. The van der Waals surface area contributed by atoms with Gasteiger partial charge in [0.25, 0.3) is 0 Å². The van der Waals surface area contributed by atoms with Crippen LogP contribution in [-0.2, 0) is 4.79 Å². The van der Waals surface area contributed by atoms with Crippen LogP contribution in [0.25, 0.3) is 0 Å². The molecule has 0 saturated heterocycles. The minimum Gasteiger partial charge on any atom is -0.479 e. The van der Waals surface area contributed by atoms with E-state index in [4.69, 9.17) is 4.74 Å². The number of ketones is 1. The van der Waals surface area contributed by atoms with Gasteiger partial charge in [0.05, 0.1) is 12.2 Å². The molecule has 3 heteroatoms. The van der Waals surface area contributed by atoms with Gasteiger partial charge < -0.3 is 10.1 Å². The van der Waals surface area contributed by atoms with Gasteiger partial charge in [0, 0.05) is 6.42 Å². The van der Waals surface area contributed by atoms with Crippen molar-refractivity contribution >= 4 is 11.5 Å². The minimum atomic E-state index is -0.333. The molecule has 2 atom stereocenters. The van der Waals surface area contributed by atoms with Gasteiger partial charge in [0.2, 0.25) is 0 Å². The van der Waals surface area contributed by atoms with Crippen molar-refractivity contribution < 1.29 is 9.53 Å². The predicted molar refractivity (Wildman–Crippen MR) is 82.3 cm³/mol. The lowest BCUT2D eigenvalue weighted by atomic mass is 9.92. The van der Waals surface area contributed by atoms with Crippen LogP contribution in [0, 0.1) is 5.92 Å². The highest BCUT2D eigenvalue weighted by Crippen LogP contribution is 2.29. The quantitative estimate of drug-likeness (QED) is 0.816. The maximum atomic E-state index is 12.4. The zero-order valence-corrected chi connectivity index (χ0v) is 12.5. The van der Waals surface area contributed by atoms with E-state index in [9.17, 15) is 4.79 Å². The van der Waals surface area contributed by atoms with E-state index in [-0.39, 0.29) is 11.9 Å². The zero-order valence-electron chi connectivity index (χ0n) is 12.5. The van der Waals surface area contributed by atoms with E-state index in [0.717, 1.165) is 24.3 Å². The summed E-state index contributed by atoms with van der Waals surface area (Å²) in [5.41, 5.74) is 0.981. The summed E-state index contributed by atoms with van der Waals surface area (Å²) in [6.07, 6.45) is 4.93. The lowest BCUT2D eigenvalue weighted by molar-refractivity contribution is -0.126. The summed E-state index contributed by atoms with van der Waals surface area (Å²) in [5.74, 6) is 1.52. The largest absolute Gasteiger partial charge is 0.479 e. The van der Waals surface area contributed by atoms with Crippen LogP contribution in [0.3, 0.4) is 0 Å². The van der Waals surface area contributed by atoms with E-state index >= 15 is 0 Å². The Morgan fingerprint density at radius 3 is 2.95 bits per heavy atom. The van der Waals surface area contributed by atoms with E-state index in [2.05, 4.69) is 19.2 Å². The summed E-state index contributed by atoms with van der Waals surface area (Å²) in [7, 11) is 0. The molecular formula is C17H25NO2. The molecule has 1 aromatic carbocycles. The van der Waals surface area contributed by atoms with Gasteiger partial charge in [-0.25, -0.2) is 0 Å². The first-order chi connectivity index (χ1) is 9.74. The molecule has 2 rings (SSSR count). The van der Waals surface area contributed by atoms with Crippen molar-refractivity contribution in [2.24, 2.45) is 5.92 Å². The fourth-order valence-corrected chi connectivity index (χ4v) is 2.65. The lowest BCUT2D eigenvalue weighted by Crippen LogP contribution is -2.38. The van der Waals surface area contributed by atoms with Crippen molar-refractivity contribution in [3.63, 3.8) is 0 Å².